The molecule has 0 saturated carbocycles. The van der Waals surface area contributed by atoms with Crippen LogP contribution < -0.4 is 15.9 Å². The monoisotopic (exact) mass is 350 g/mol. The number of benzene rings is 2. The fourth-order valence-corrected chi connectivity index (χ4v) is 3.41. The fourth-order valence-electron chi connectivity index (χ4n) is 3.41. The molecule has 7 nitrogen and oxygen atoms in total. The summed E-state index contributed by atoms with van der Waals surface area (Å²) in [6, 6.07) is 14.5. The van der Waals surface area contributed by atoms with E-state index in [9.17, 15) is 14.4 Å². The van der Waals surface area contributed by atoms with E-state index >= 15 is 0 Å². The minimum Gasteiger partial charge on any atom is -0.323 e. The van der Waals surface area contributed by atoms with Gasteiger partial charge in [-0.1, -0.05) is 24.3 Å². The molecule has 0 unspecified atom stereocenters. The van der Waals surface area contributed by atoms with Crippen LogP contribution in [0.5, 0.6) is 0 Å². The van der Waals surface area contributed by atoms with Crippen LogP contribution in [0.15, 0.2) is 53.3 Å². The maximum atomic E-state index is 12.9. The number of carbonyl (C=O) groups is 2. The summed E-state index contributed by atoms with van der Waals surface area (Å²) in [5, 5.41) is 2.76. The van der Waals surface area contributed by atoms with Gasteiger partial charge in [0.15, 0.2) is 0 Å². The molecule has 2 heterocycles. The number of fused-ring (bicyclic) bond motifs is 2. The van der Waals surface area contributed by atoms with Gasteiger partial charge in [-0.2, -0.15) is 0 Å². The number of nitrogens with one attached hydrogen (secondary N) is 1. The lowest BCUT2D eigenvalue weighted by Crippen LogP contribution is -2.44. The zero-order valence-electron chi connectivity index (χ0n) is 14.3. The number of aromatic nitrogens is 2. The first-order valence-corrected chi connectivity index (χ1v) is 8.47. The Bertz CT molecular complexity index is 1080. The molecule has 0 radical (unpaired) electrons. The summed E-state index contributed by atoms with van der Waals surface area (Å²) in [7, 11) is 0. The van der Waals surface area contributed by atoms with Crippen molar-refractivity contribution in [1.29, 1.82) is 0 Å². The van der Waals surface area contributed by atoms with Crippen LogP contribution in [0.2, 0.25) is 0 Å². The third-order valence-corrected chi connectivity index (χ3v) is 4.61. The summed E-state index contributed by atoms with van der Waals surface area (Å²) < 4.78 is 3.11. The number of hydrogen-bond acceptors (Lipinski definition) is 3. The summed E-state index contributed by atoms with van der Waals surface area (Å²) in [5.74, 6) is -0.547. The lowest BCUT2D eigenvalue weighted by molar-refractivity contribution is -0.122. The number of rotatable bonds is 3. The third kappa shape index (κ3) is 2.48. The molecule has 1 aliphatic heterocycles. The Morgan fingerprint density at radius 1 is 1.00 bits per heavy atom. The van der Waals surface area contributed by atoms with E-state index in [0.717, 1.165) is 5.52 Å². The molecule has 1 N–H and O–H groups in total. The maximum Gasteiger partial charge on any atom is 0.329 e. The van der Waals surface area contributed by atoms with Gasteiger partial charge in [0.25, 0.3) is 0 Å². The zero-order chi connectivity index (χ0) is 18.3. The van der Waals surface area contributed by atoms with Gasteiger partial charge in [0.1, 0.15) is 13.1 Å². The topological polar surface area (TPSA) is 76.3 Å². The van der Waals surface area contributed by atoms with Gasteiger partial charge in [0, 0.05) is 6.54 Å². The fraction of sp³-hybridized carbons (Fsp3) is 0.211. The first kappa shape index (κ1) is 16.1. The molecule has 3 aromatic rings. The summed E-state index contributed by atoms with van der Waals surface area (Å²) >= 11 is 0. The molecule has 0 atom stereocenters. The van der Waals surface area contributed by atoms with Crippen molar-refractivity contribution in [2.24, 2.45) is 0 Å². The molecule has 0 aliphatic carbocycles. The number of nitrogens with zero attached hydrogens (tertiary/aromatic N) is 3. The van der Waals surface area contributed by atoms with E-state index in [-0.39, 0.29) is 30.6 Å². The maximum absolute atomic E-state index is 12.9. The highest BCUT2D eigenvalue weighted by atomic mass is 16.2. The van der Waals surface area contributed by atoms with Crippen LogP contribution in [-0.4, -0.2) is 27.5 Å². The predicted molar refractivity (Wildman–Crippen MR) is 99.3 cm³/mol. The zero-order valence-corrected chi connectivity index (χ0v) is 14.3. The normalized spacial score (nSPS) is 13.6. The van der Waals surface area contributed by atoms with Crippen LogP contribution in [0.1, 0.15) is 6.92 Å². The number of imidazole rings is 1. The summed E-state index contributed by atoms with van der Waals surface area (Å²) in [5.41, 5.74) is 2.52. The van der Waals surface area contributed by atoms with Crippen molar-refractivity contribution < 1.29 is 9.59 Å². The van der Waals surface area contributed by atoms with E-state index in [0.29, 0.717) is 23.4 Å². The van der Waals surface area contributed by atoms with E-state index in [1.807, 2.05) is 37.3 Å². The Labute approximate surface area is 149 Å². The van der Waals surface area contributed by atoms with Crippen molar-refractivity contribution in [3.8, 4) is 0 Å². The van der Waals surface area contributed by atoms with E-state index in [1.54, 1.807) is 22.8 Å². The Hall–Kier alpha value is -3.35. The highest BCUT2D eigenvalue weighted by Crippen LogP contribution is 2.29. The van der Waals surface area contributed by atoms with Crippen LogP contribution in [0.3, 0.4) is 0 Å². The first-order valence-electron chi connectivity index (χ1n) is 8.47. The second kappa shape index (κ2) is 6.18. The SMILES string of the molecule is CCn1c(=O)n(CC(=O)N2CC(=O)Nc3ccccc32)c2ccccc21. The van der Waals surface area contributed by atoms with Crippen molar-refractivity contribution in [2.75, 3.05) is 16.8 Å². The van der Waals surface area contributed by atoms with Crippen LogP contribution >= 0.6 is 0 Å². The molecule has 0 fully saturated rings. The van der Waals surface area contributed by atoms with Gasteiger partial charge >= 0.3 is 5.69 Å². The van der Waals surface area contributed by atoms with Gasteiger partial charge < -0.3 is 5.32 Å². The van der Waals surface area contributed by atoms with Crippen LogP contribution in [0, 0.1) is 0 Å². The van der Waals surface area contributed by atoms with Crippen molar-refractivity contribution in [2.45, 2.75) is 20.0 Å². The van der Waals surface area contributed by atoms with Gasteiger partial charge in [0.2, 0.25) is 11.8 Å². The Morgan fingerprint density at radius 3 is 2.38 bits per heavy atom. The molecule has 4 rings (SSSR count). The van der Waals surface area contributed by atoms with Crippen molar-refractivity contribution in [1.82, 2.24) is 9.13 Å². The smallest absolute Gasteiger partial charge is 0.323 e. The first-order chi connectivity index (χ1) is 12.6. The van der Waals surface area contributed by atoms with E-state index in [4.69, 9.17) is 0 Å². The molecule has 2 aromatic carbocycles. The Kier molecular flexibility index (Phi) is 3.84. The number of hydrogen-bond donors (Lipinski definition) is 1. The quantitative estimate of drug-likeness (QED) is 0.783. The van der Waals surface area contributed by atoms with Gasteiger partial charge in [-0.15, -0.1) is 0 Å². The molecular weight excluding hydrogens is 332 g/mol. The molecule has 0 spiro atoms. The Morgan fingerprint density at radius 2 is 1.65 bits per heavy atom. The average molecular weight is 350 g/mol. The molecule has 0 saturated heterocycles. The van der Waals surface area contributed by atoms with Gasteiger partial charge in [-0.25, -0.2) is 4.79 Å². The minimum atomic E-state index is -0.298. The summed E-state index contributed by atoms with van der Waals surface area (Å²) in [6.45, 7) is 2.24. The predicted octanol–water partition coefficient (Wildman–Crippen LogP) is 1.81. The third-order valence-electron chi connectivity index (χ3n) is 4.61. The summed E-state index contributed by atoms with van der Waals surface area (Å²) in [4.78, 5) is 39.0. The number of carbonyl (C=O) groups excluding carboxylic acids is 2. The van der Waals surface area contributed by atoms with Crippen LogP contribution in [-0.2, 0) is 22.7 Å². The molecule has 1 aromatic heterocycles. The second-order valence-corrected chi connectivity index (χ2v) is 6.15. The standard InChI is InChI=1S/C19H18N4O3/c1-2-21-15-9-5-6-10-16(15)23(19(21)26)12-18(25)22-11-17(24)20-13-7-3-4-8-14(13)22/h3-10H,2,11-12H2,1H3,(H,20,24). The lowest BCUT2D eigenvalue weighted by Gasteiger charge is -2.29. The Balaban J connectivity index is 1.74. The molecule has 0 bridgehead atoms. The summed E-state index contributed by atoms with van der Waals surface area (Å²) in [6.07, 6.45) is 0. The highest BCUT2D eigenvalue weighted by Gasteiger charge is 2.27. The highest BCUT2D eigenvalue weighted by molar-refractivity contribution is 6.09. The molecule has 26 heavy (non-hydrogen) atoms. The van der Waals surface area contributed by atoms with E-state index in [2.05, 4.69) is 5.32 Å². The van der Waals surface area contributed by atoms with Gasteiger partial charge in [0.05, 0.1) is 22.4 Å². The van der Waals surface area contributed by atoms with E-state index in [1.165, 1.54) is 9.47 Å². The number of anilines is 2. The molecular formula is C19H18N4O3. The van der Waals surface area contributed by atoms with Crippen LogP contribution in [0.25, 0.3) is 11.0 Å². The van der Waals surface area contributed by atoms with Gasteiger partial charge in [-0.3, -0.25) is 23.6 Å². The van der Waals surface area contributed by atoms with Crippen molar-refractivity contribution >= 4 is 34.2 Å². The molecule has 7 heteroatoms. The number of para-hydroxylation sites is 4. The van der Waals surface area contributed by atoms with E-state index < -0.39 is 0 Å². The molecule has 1 aliphatic rings. The number of amides is 2. The number of aryl methyl sites for hydroxylation is 1. The lowest BCUT2D eigenvalue weighted by atomic mass is 10.2. The van der Waals surface area contributed by atoms with Crippen molar-refractivity contribution in [3.63, 3.8) is 0 Å². The van der Waals surface area contributed by atoms with Crippen molar-refractivity contribution in [3.05, 3.63) is 59.0 Å². The molecule has 2 amide bonds. The van der Waals surface area contributed by atoms with Crippen LogP contribution in [0.4, 0.5) is 11.4 Å². The van der Waals surface area contributed by atoms with Gasteiger partial charge in [-0.05, 0) is 31.2 Å². The second-order valence-electron chi connectivity index (χ2n) is 6.15. The molecule has 132 valence electrons. The largest absolute Gasteiger partial charge is 0.329 e. The average Bonchev–Trinajstić information content (AvgIpc) is 2.92. The minimum absolute atomic E-state index is 0.0585.